The molecule has 5 nitrogen and oxygen atoms in total. The summed E-state index contributed by atoms with van der Waals surface area (Å²) in [5, 5.41) is 12.3. The third kappa shape index (κ3) is 3.00. The minimum atomic E-state index is -0.354. The third-order valence-electron chi connectivity index (χ3n) is 2.89. The van der Waals surface area contributed by atoms with Gasteiger partial charge in [0.25, 0.3) is 5.91 Å². The summed E-state index contributed by atoms with van der Waals surface area (Å²) in [6, 6.07) is 11.6. The van der Waals surface area contributed by atoms with Gasteiger partial charge >= 0.3 is 0 Å². The van der Waals surface area contributed by atoms with E-state index >= 15 is 0 Å². The lowest BCUT2D eigenvalue weighted by Crippen LogP contribution is -2.23. The number of rotatable bonds is 4. The second-order valence-corrected chi connectivity index (χ2v) is 4.27. The molecule has 0 unspecified atom stereocenters. The van der Waals surface area contributed by atoms with Crippen LogP contribution in [0.4, 0.5) is 5.69 Å². The van der Waals surface area contributed by atoms with E-state index in [-0.39, 0.29) is 23.8 Å². The maximum absolute atomic E-state index is 12.0. The van der Waals surface area contributed by atoms with Crippen molar-refractivity contribution in [2.24, 2.45) is 0 Å². The van der Waals surface area contributed by atoms with E-state index in [4.69, 9.17) is 10.5 Å². The summed E-state index contributed by atoms with van der Waals surface area (Å²) in [6.07, 6.45) is 0. The van der Waals surface area contributed by atoms with Gasteiger partial charge in [0.15, 0.2) is 0 Å². The minimum Gasteiger partial charge on any atom is -0.507 e. The van der Waals surface area contributed by atoms with Crippen molar-refractivity contribution in [2.75, 3.05) is 12.8 Å². The molecule has 0 atom stereocenters. The fourth-order valence-corrected chi connectivity index (χ4v) is 1.87. The fraction of sp³-hybridized carbons (Fsp3) is 0.133. The minimum absolute atomic E-state index is 0.0514. The van der Waals surface area contributed by atoms with Gasteiger partial charge < -0.3 is 20.9 Å². The number of hydrogen-bond acceptors (Lipinski definition) is 4. The van der Waals surface area contributed by atoms with Gasteiger partial charge in [-0.05, 0) is 30.3 Å². The Morgan fingerprint density at radius 2 is 2.05 bits per heavy atom. The number of phenols is 1. The van der Waals surface area contributed by atoms with Crippen molar-refractivity contribution in [2.45, 2.75) is 6.54 Å². The van der Waals surface area contributed by atoms with Crippen molar-refractivity contribution in [1.82, 2.24) is 5.32 Å². The molecule has 20 heavy (non-hydrogen) atoms. The molecule has 0 spiro atoms. The number of para-hydroxylation sites is 1. The topological polar surface area (TPSA) is 84.6 Å². The molecule has 0 aromatic heterocycles. The van der Waals surface area contributed by atoms with Crippen LogP contribution in [0.15, 0.2) is 42.5 Å². The van der Waals surface area contributed by atoms with Gasteiger partial charge in [-0.2, -0.15) is 0 Å². The first-order valence-corrected chi connectivity index (χ1v) is 6.10. The number of anilines is 1. The van der Waals surface area contributed by atoms with E-state index in [2.05, 4.69) is 5.32 Å². The van der Waals surface area contributed by atoms with E-state index in [1.165, 1.54) is 6.07 Å². The number of aromatic hydroxyl groups is 1. The van der Waals surface area contributed by atoms with Crippen molar-refractivity contribution in [3.63, 3.8) is 0 Å². The Morgan fingerprint density at radius 3 is 2.75 bits per heavy atom. The van der Waals surface area contributed by atoms with Crippen molar-refractivity contribution in [1.29, 1.82) is 0 Å². The van der Waals surface area contributed by atoms with Crippen LogP contribution in [0.5, 0.6) is 11.5 Å². The van der Waals surface area contributed by atoms with E-state index in [1.807, 2.05) is 0 Å². The molecule has 0 bridgehead atoms. The Hall–Kier alpha value is -2.69. The van der Waals surface area contributed by atoms with Crippen LogP contribution >= 0.6 is 0 Å². The summed E-state index contributed by atoms with van der Waals surface area (Å²) in [7, 11) is 1.56. The molecule has 0 aliphatic heterocycles. The van der Waals surface area contributed by atoms with Gasteiger partial charge in [-0.3, -0.25) is 4.79 Å². The van der Waals surface area contributed by atoms with Gasteiger partial charge in [0.05, 0.1) is 12.7 Å². The molecule has 0 radical (unpaired) electrons. The number of benzene rings is 2. The molecule has 5 heteroatoms. The molecule has 0 aliphatic carbocycles. The number of nitrogen functional groups attached to an aromatic ring is 1. The molecule has 104 valence electrons. The Bertz CT molecular complexity index is 626. The van der Waals surface area contributed by atoms with Crippen molar-refractivity contribution < 1.29 is 14.6 Å². The number of nitrogens with one attached hydrogen (secondary N) is 1. The zero-order chi connectivity index (χ0) is 14.5. The highest BCUT2D eigenvalue weighted by atomic mass is 16.5. The third-order valence-corrected chi connectivity index (χ3v) is 2.89. The standard InChI is InChI=1S/C15H16N2O3/c1-20-14-7-6-11(16)8-10(14)9-17-15(19)12-4-2-3-5-13(12)18/h2-8,18H,9,16H2,1H3,(H,17,19). The molecule has 0 saturated heterocycles. The van der Waals surface area contributed by atoms with Crippen LogP contribution < -0.4 is 15.8 Å². The first-order chi connectivity index (χ1) is 9.61. The summed E-state index contributed by atoms with van der Waals surface area (Å²) < 4.78 is 5.21. The van der Waals surface area contributed by atoms with Crippen molar-refractivity contribution in [3.05, 3.63) is 53.6 Å². The summed E-state index contributed by atoms with van der Waals surface area (Å²) >= 11 is 0. The first kappa shape index (κ1) is 13.7. The number of phenolic OH excluding ortho intramolecular Hbond substituents is 1. The monoisotopic (exact) mass is 272 g/mol. The van der Waals surface area contributed by atoms with Crippen LogP contribution in [0.2, 0.25) is 0 Å². The van der Waals surface area contributed by atoms with E-state index in [0.29, 0.717) is 11.4 Å². The Kier molecular flexibility index (Phi) is 4.10. The van der Waals surface area contributed by atoms with Crippen LogP contribution in [0.1, 0.15) is 15.9 Å². The number of nitrogens with two attached hydrogens (primary N) is 1. The smallest absolute Gasteiger partial charge is 0.255 e. The van der Waals surface area contributed by atoms with Crippen LogP contribution in [-0.4, -0.2) is 18.1 Å². The van der Waals surface area contributed by atoms with Crippen LogP contribution in [0.25, 0.3) is 0 Å². The highest BCUT2D eigenvalue weighted by molar-refractivity contribution is 5.96. The summed E-state index contributed by atoms with van der Waals surface area (Å²) in [5.41, 5.74) is 7.32. The Morgan fingerprint density at radius 1 is 1.30 bits per heavy atom. The molecule has 4 N–H and O–H groups in total. The number of hydrogen-bond donors (Lipinski definition) is 3. The maximum atomic E-state index is 12.0. The SMILES string of the molecule is COc1ccc(N)cc1CNC(=O)c1ccccc1O. The number of carbonyl (C=O) groups excluding carboxylic acids is 1. The zero-order valence-electron chi connectivity index (χ0n) is 11.1. The molecule has 2 aromatic rings. The highest BCUT2D eigenvalue weighted by Gasteiger charge is 2.11. The average molecular weight is 272 g/mol. The number of amides is 1. The van der Waals surface area contributed by atoms with Gasteiger partial charge in [0.2, 0.25) is 0 Å². The largest absolute Gasteiger partial charge is 0.507 e. The molecule has 0 fully saturated rings. The molecule has 0 aliphatic rings. The highest BCUT2D eigenvalue weighted by Crippen LogP contribution is 2.21. The van der Waals surface area contributed by atoms with Crippen LogP contribution in [-0.2, 0) is 6.54 Å². The van der Waals surface area contributed by atoms with Crippen molar-refractivity contribution >= 4 is 11.6 Å². The Balaban J connectivity index is 2.11. The second kappa shape index (κ2) is 5.97. The predicted octanol–water partition coefficient (Wildman–Crippen LogP) is 1.91. The van der Waals surface area contributed by atoms with Gasteiger partial charge in [-0.15, -0.1) is 0 Å². The fourth-order valence-electron chi connectivity index (χ4n) is 1.87. The van der Waals surface area contributed by atoms with Crippen molar-refractivity contribution in [3.8, 4) is 11.5 Å². The average Bonchev–Trinajstić information content (AvgIpc) is 2.45. The molecule has 0 heterocycles. The molecule has 1 amide bonds. The lowest BCUT2D eigenvalue weighted by molar-refractivity contribution is 0.0948. The zero-order valence-corrected chi connectivity index (χ0v) is 11.1. The van der Waals surface area contributed by atoms with Gasteiger partial charge in [-0.1, -0.05) is 12.1 Å². The van der Waals surface area contributed by atoms with Crippen LogP contribution in [0.3, 0.4) is 0 Å². The van der Waals surface area contributed by atoms with E-state index in [0.717, 1.165) is 5.56 Å². The second-order valence-electron chi connectivity index (χ2n) is 4.27. The lowest BCUT2D eigenvalue weighted by Gasteiger charge is -2.11. The molecule has 0 saturated carbocycles. The van der Waals surface area contributed by atoms with Gasteiger partial charge in [0, 0.05) is 17.8 Å². The maximum Gasteiger partial charge on any atom is 0.255 e. The first-order valence-electron chi connectivity index (χ1n) is 6.10. The van der Waals surface area contributed by atoms with Gasteiger partial charge in [-0.25, -0.2) is 0 Å². The van der Waals surface area contributed by atoms with E-state index in [9.17, 15) is 9.90 Å². The summed E-state index contributed by atoms with van der Waals surface area (Å²) in [4.78, 5) is 12.0. The lowest BCUT2D eigenvalue weighted by atomic mass is 10.1. The predicted molar refractivity (Wildman–Crippen MR) is 76.7 cm³/mol. The van der Waals surface area contributed by atoms with E-state index in [1.54, 1.807) is 43.5 Å². The number of carbonyl (C=O) groups is 1. The summed E-state index contributed by atoms with van der Waals surface area (Å²) in [6.45, 7) is 0.265. The molecule has 2 rings (SSSR count). The van der Waals surface area contributed by atoms with Gasteiger partial charge in [0.1, 0.15) is 11.5 Å². The van der Waals surface area contributed by atoms with Crippen LogP contribution in [0, 0.1) is 0 Å². The number of methoxy groups -OCH3 is 1. The normalized spacial score (nSPS) is 10.1. The quantitative estimate of drug-likeness (QED) is 0.742. The molecular weight excluding hydrogens is 256 g/mol. The summed E-state index contributed by atoms with van der Waals surface area (Å²) in [5.74, 6) is 0.244. The molecule has 2 aromatic carbocycles. The Labute approximate surface area is 117 Å². The molecular formula is C15H16N2O3. The number of ether oxygens (including phenoxy) is 1. The van der Waals surface area contributed by atoms with E-state index < -0.39 is 0 Å².